The summed E-state index contributed by atoms with van der Waals surface area (Å²) in [4.78, 5) is 25.7. The number of benzene rings is 3. The van der Waals surface area contributed by atoms with E-state index >= 15 is 0 Å². The zero-order valence-electron chi connectivity index (χ0n) is 18.8. The van der Waals surface area contributed by atoms with Crippen LogP contribution in [0, 0.1) is 6.92 Å². The smallest absolute Gasteiger partial charge is 0.262 e. The van der Waals surface area contributed by atoms with Gasteiger partial charge in [0, 0.05) is 11.3 Å². The fourth-order valence-electron chi connectivity index (χ4n) is 3.41. The van der Waals surface area contributed by atoms with Crippen LogP contribution in [0.5, 0.6) is 0 Å². The largest absolute Gasteiger partial charge is 0.467 e. The van der Waals surface area contributed by atoms with Crippen molar-refractivity contribution in [2.24, 2.45) is 0 Å². The second kappa shape index (κ2) is 10.3. The molecule has 1 heterocycles. The van der Waals surface area contributed by atoms with Gasteiger partial charge in [0.15, 0.2) is 0 Å². The zero-order chi connectivity index (χ0) is 24.8. The van der Waals surface area contributed by atoms with E-state index in [9.17, 15) is 18.0 Å². The van der Waals surface area contributed by atoms with Gasteiger partial charge in [0.25, 0.3) is 21.8 Å². The second-order valence-electron chi connectivity index (χ2n) is 7.71. The molecule has 0 bridgehead atoms. The molecule has 0 saturated carbocycles. The van der Waals surface area contributed by atoms with E-state index in [1.165, 1.54) is 18.4 Å². The first-order valence-corrected chi connectivity index (χ1v) is 12.2. The average molecular weight is 490 g/mol. The van der Waals surface area contributed by atoms with E-state index in [2.05, 4.69) is 15.4 Å². The highest BCUT2D eigenvalue weighted by Gasteiger charge is 2.20. The van der Waals surface area contributed by atoms with Gasteiger partial charge in [0.1, 0.15) is 5.76 Å². The highest BCUT2D eigenvalue weighted by molar-refractivity contribution is 7.92. The van der Waals surface area contributed by atoms with Crippen molar-refractivity contribution >= 4 is 33.2 Å². The number of rotatable bonds is 8. The molecular formula is C26H23N3O5S. The lowest BCUT2D eigenvalue weighted by molar-refractivity contribution is 0.0949. The molecule has 0 aliphatic rings. The Labute approximate surface area is 203 Å². The Kier molecular flexibility index (Phi) is 6.98. The van der Waals surface area contributed by atoms with Crippen LogP contribution in [0.4, 0.5) is 11.4 Å². The first-order chi connectivity index (χ1) is 16.8. The van der Waals surface area contributed by atoms with Crippen molar-refractivity contribution in [3.63, 3.8) is 0 Å². The molecule has 0 spiro atoms. The van der Waals surface area contributed by atoms with Gasteiger partial charge >= 0.3 is 0 Å². The van der Waals surface area contributed by atoms with E-state index in [0.29, 0.717) is 22.7 Å². The predicted molar refractivity (Wildman–Crippen MR) is 133 cm³/mol. The van der Waals surface area contributed by atoms with E-state index in [1.54, 1.807) is 79.7 Å². The summed E-state index contributed by atoms with van der Waals surface area (Å²) in [5.41, 5.74) is 1.59. The number of anilines is 2. The molecule has 0 fully saturated rings. The molecule has 35 heavy (non-hydrogen) atoms. The van der Waals surface area contributed by atoms with Gasteiger partial charge in [-0.3, -0.25) is 14.3 Å². The number of hydrogen-bond acceptors (Lipinski definition) is 5. The van der Waals surface area contributed by atoms with Gasteiger partial charge in [-0.25, -0.2) is 8.42 Å². The van der Waals surface area contributed by atoms with Gasteiger partial charge in [-0.15, -0.1) is 0 Å². The number of para-hydroxylation sites is 2. The van der Waals surface area contributed by atoms with E-state index in [-0.39, 0.29) is 22.6 Å². The number of aryl methyl sites for hydroxylation is 1. The van der Waals surface area contributed by atoms with Crippen molar-refractivity contribution in [2.45, 2.75) is 18.4 Å². The summed E-state index contributed by atoms with van der Waals surface area (Å²) < 4.78 is 33.7. The Balaban J connectivity index is 1.53. The molecule has 4 aromatic rings. The van der Waals surface area contributed by atoms with Crippen LogP contribution in [0.2, 0.25) is 0 Å². The third-order valence-corrected chi connectivity index (χ3v) is 6.71. The number of carbonyl (C=O) groups excluding carboxylic acids is 2. The monoisotopic (exact) mass is 489 g/mol. The van der Waals surface area contributed by atoms with Crippen LogP contribution < -0.4 is 15.4 Å². The van der Waals surface area contributed by atoms with E-state index in [1.807, 2.05) is 0 Å². The summed E-state index contributed by atoms with van der Waals surface area (Å²) in [6, 6.07) is 22.9. The molecule has 0 radical (unpaired) electrons. The molecule has 3 aromatic carbocycles. The van der Waals surface area contributed by atoms with Crippen molar-refractivity contribution < 1.29 is 22.4 Å². The number of amides is 2. The SMILES string of the molecule is Cc1ccc(C(=O)Nc2ccccc2C(=O)NCc2ccco2)cc1S(=O)(=O)Nc1ccccc1. The van der Waals surface area contributed by atoms with E-state index in [0.717, 1.165) is 0 Å². The Morgan fingerprint density at radius 1 is 0.857 bits per heavy atom. The van der Waals surface area contributed by atoms with Gasteiger partial charge in [-0.2, -0.15) is 0 Å². The fourth-order valence-corrected chi connectivity index (χ4v) is 4.74. The number of hydrogen-bond donors (Lipinski definition) is 3. The minimum Gasteiger partial charge on any atom is -0.467 e. The van der Waals surface area contributed by atoms with Crippen LogP contribution in [-0.2, 0) is 16.6 Å². The first-order valence-electron chi connectivity index (χ1n) is 10.7. The second-order valence-corrected chi connectivity index (χ2v) is 9.36. The number of sulfonamides is 1. The summed E-state index contributed by atoms with van der Waals surface area (Å²) in [6.45, 7) is 1.85. The van der Waals surface area contributed by atoms with E-state index < -0.39 is 21.8 Å². The van der Waals surface area contributed by atoms with Gasteiger partial charge < -0.3 is 15.1 Å². The van der Waals surface area contributed by atoms with Crippen LogP contribution >= 0.6 is 0 Å². The van der Waals surface area contributed by atoms with Crippen LogP contribution in [0.15, 0.2) is 101 Å². The Morgan fingerprint density at radius 2 is 1.60 bits per heavy atom. The molecule has 4 rings (SSSR count). The van der Waals surface area contributed by atoms with Gasteiger partial charge in [-0.1, -0.05) is 36.4 Å². The number of nitrogens with one attached hydrogen (secondary N) is 3. The van der Waals surface area contributed by atoms with Gasteiger partial charge in [-0.05, 0) is 61.0 Å². The summed E-state index contributed by atoms with van der Waals surface area (Å²) in [7, 11) is -3.93. The zero-order valence-corrected chi connectivity index (χ0v) is 19.6. The van der Waals surface area contributed by atoms with Crippen molar-refractivity contribution in [2.75, 3.05) is 10.0 Å². The predicted octanol–water partition coefficient (Wildman–Crippen LogP) is 4.57. The molecule has 9 heteroatoms. The maximum atomic E-state index is 13.0. The minimum absolute atomic E-state index is 0.0153. The third-order valence-electron chi connectivity index (χ3n) is 5.19. The third kappa shape index (κ3) is 5.77. The molecule has 0 saturated heterocycles. The molecule has 2 amide bonds. The minimum atomic E-state index is -3.93. The molecule has 0 aliphatic carbocycles. The van der Waals surface area contributed by atoms with Crippen LogP contribution in [0.3, 0.4) is 0 Å². The standard InChI is InChI=1S/C26H23N3O5S/c1-18-13-14-19(16-24(18)35(32,33)29-20-8-3-2-4-9-20)25(30)28-23-12-6-5-11-22(23)26(31)27-17-21-10-7-15-34-21/h2-16,29H,17H2,1H3,(H,27,31)(H,28,30). The molecule has 0 atom stereocenters. The molecule has 178 valence electrons. The lowest BCUT2D eigenvalue weighted by atomic mass is 10.1. The van der Waals surface area contributed by atoms with Crippen molar-refractivity contribution in [1.29, 1.82) is 0 Å². The quantitative estimate of drug-likeness (QED) is 0.335. The van der Waals surface area contributed by atoms with Crippen molar-refractivity contribution in [3.8, 4) is 0 Å². The van der Waals surface area contributed by atoms with Crippen LogP contribution in [-0.4, -0.2) is 20.2 Å². The number of furan rings is 1. The molecule has 0 aliphatic heterocycles. The normalized spacial score (nSPS) is 11.0. The topological polar surface area (TPSA) is 118 Å². The highest BCUT2D eigenvalue weighted by atomic mass is 32.2. The van der Waals surface area contributed by atoms with Gasteiger partial charge in [0.2, 0.25) is 0 Å². The van der Waals surface area contributed by atoms with Crippen molar-refractivity contribution in [3.05, 3.63) is 114 Å². The average Bonchev–Trinajstić information content (AvgIpc) is 3.37. The molecular weight excluding hydrogens is 466 g/mol. The highest BCUT2D eigenvalue weighted by Crippen LogP contribution is 2.22. The summed E-state index contributed by atoms with van der Waals surface area (Å²) >= 11 is 0. The summed E-state index contributed by atoms with van der Waals surface area (Å²) in [5.74, 6) is -0.346. The summed E-state index contributed by atoms with van der Waals surface area (Å²) in [5, 5.41) is 5.45. The number of carbonyl (C=O) groups is 2. The molecule has 8 nitrogen and oxygen atoms in total. The lowest BCUT2D eigenvalue weighted by Crippen LogP contribution is -2.24. The van der Waals surface area contributed by atoms with Crippen LogP contribution in [0.1, 0.15) is 32.0 Å². The maximum Gasteiger partial charge on any atom is 0.262 e. The molecule has 0 unspecified atom stereocenters. The van der Waals surface area contributed by atoms with Gasteiger partial charge in [0.05, 0.1) is 29.0 Å². The Morgan fingerprint density at radius 3 is 2.34 bits per heavy atom. The summed E-state index contributed by atoms with van der Waals surface area (Å²) in [6.07, 6.45) is 1.51. The van der Waals surface area contributed by atoms with E-state index in [4.69, 9.17) is 4.42 Å². The maximum absolute atomic E-state index is 13.0. The first kappa shape index (κ1) is 23.8. The fraction of sp³-hybridized carbons (Fsp3) is 0.0769. The lowest BCUT2D eigenvalue weighted by Gasteiger charge is -2.13. The van der Waals surface area contributed by atoms with Crippen molar-refractivity contribution in [1.82, 2.24) is 5.32 Å². The molecule has 3 N–H and O–H groups in total. The Bertz CT molecular complexity index is 1450. The Hall–Kier alpha value is -4.37. The van der Waals surface area contributed by atoms with Crippen LogP contribution in [0.25, 0.3) is 0 Å². The molecule has 1 aromatic heterocycles.